The summed E-state index contributed by atoms with van der Waals surface area (Å²) < 4.78 is 5.01. The Morgan fingerprint density at radius 2 is 2.05 bits per heavy atom. The zero-order valence-corrected chi connectivity index (χ0v) is 10.9. The molecule has 1 aromatic rings. The molecule has 104 valence electrons. The molecule has 0 fully saturated rings. The van der Waals surface area contributed by atoms with E-state index in [2.05, 4.69) is 5.32 Å². The Kier molecular flexibility index (Phi) is 5.66. The van der Waals surface area contributed by atoms with Gasteiger partial charge in [0.1, 0.15) is 5.75 Å². The number of carbonyl (C=O) groups excluding carboxylic acids is 2. The van der Waals surface area contributed by atoms with Gasteiger partial charge in [0.15, 0.2) is 0 Å². The Bertz CT molecular complexity index is 460. The summed E-state index contributed by atoms with van der Waals surface area (Å²) in [6, 6.07) is 4.86. The number of carbonyl (C=O) groups is 2. The van der Waals surface area contributed by atoms with Gasteiger partial charge in [-0.3, -0.25) is 9.59 Å². The van der Waals surface area contributed by atoms with Crippen molar-refractivity contribution in [3.05, 3.63) is 23.8 Å². The molecule has 6 heteroatoms. The first kappa shape index (κ1) is 14.8. The summed E-state index contributed by atoms with van der Waals surface area (Å²) in [4.78, 5) is 22.3. The van der Waals surface area contributed by atoms with E-state index in [1.807, 2.05) is 0 Å². The number of amides is 2. The summed E-state index contributed by atoms with van der Waals surface area (Å²) in [5, 5.41) is 2.75. The fourth-order valence-corrected chi connectivity index (χ4v) is 1.60. The lowest BCUT2D eigenvalue weighted by Gasteiger charge is -2.08. The fraction of sp³-hybridized carbons (Fsp3) is 0.385. The SMILES string of the molecule is COc1ccc(C(=O)NCCCCC(N)=O)cc1N. The van der Waals surface area contributed by atoms with Crippen LogP contribution in [0.1, 0.15) is 29.6 Å². The van der Waals surface area contributed by atoms with Crippen molar-refractivity contribution in [3.8, 4) is 5.75 Å². The highest BCUT2D eigenvalue weighted by Crippen LogP contribution is 2.21. The van der Waals surface area contributed by atoms with Crippen LogP contribution in [0.2, 0.25) is 0 Å². The molecule has 0 atom stereocenters. The summed E-state index contributed by atoms with van der Waals surface area (Å²) in [7, 11) is 1.52. The molecule has 1 rings (SSSR count). The number of primary amides is 1. The second-order valence-corrected chi connectivity index (χ2v) is 4.14. The third kappa shape index (κ3) is 4.87. The van der Waals surface area contributed by atoms with Crippen molar-refractivity contribution in [2.75, 3.05) is 19.4 Å². The molecule has 0 aliphatic carbocycles. The van der Waals surface area contributed by atoms with Gasteiger partial charge in [-0.1, -0.05) is 0 Å². The van der Waals surface area contributed by atoms with Crippen LogP contribution in [0.4, 0.5) is 5.69 Å². The molecule has 0 saturated heterocycles. The van der Waals surface area contributed by atoms with Crippen LogP contribution in [-0.4, -0.2) is 25.5 Å². The zero-order chi connectivity index (χ0) is 14.3. The van der Waals surface area contributed by atoms with Gasteiger partial charge in [-0.15, -0.1) is 0 Å². The lowest BCUT2D eigenvalue weighted by molar-refractivity contribution is -0.118. The molecule has 0 bridgehead atoms. The Balaban J connectivity index is 2.41. The van der Waals surface area contributed by atoms with E-state index >= 15 is 0 Å². The average Bonchev–Trinajstić information content (AvgIpc) is 2.37. The Labute approximate surface area is 112 Å². The second-order valence-electron chi connectivity index (χ2n) is 4.14. The molecule has 0 radical (unpaired) electrons. The number of ether oxygens (including phenoxy) is 1. The molecular weight excluding hydrogens is 246 g/mol. The first-order valence-electron chi connectivity index (χ1n) is 6.04. The molecule has 0 aliphatic heterocycles. The highest BCUT2D eigenvalue weighted by Gasteiger charge is 2.07. The van der Waals surface area contributed by atoms with E-state index < -0.39 is 0 Å². The number of anilines is 1. The van der Waals surface area contributed by atoms with Crippen LogP contribution in [0, 0.1) is 0 Å². The highest BCUT2D eigenvalue weighted by atomic mass is 16.5. The number of nitrogen functional groups attached to an aromatic ring is 1. The fourth-order valence-electron chi connectivity index (χ4n) is 1.60. The van der Waals surface area contributed by atoms with Crippen LogP contribution in [0.5, 0.6) is 5.75 Å². The number of hydrogen-bond acceptors (Lipinski definition) is 4. The summed E-state index contributed by atoms with van der Waals surface area (Å²) in [6.45, 7) is 0.498. The van der Waals surface area contributed by atoms with E-state index in [1.54, 1.807) is 18.2 Å². The number of nitrogens with one attached hydrogen (secondary N) is 1. The first-order chi connectivity index (χ1) is 9.04. The van der Waals surface area contributed by atoms with Gasteiger partial charge >= 0.3 is 0 Å². The van der Waals surface area contributed by atoms with Crippen molar-refractivity contribution < 1.29 is 14.3 Å². The highest BCUT2D eigenvalue weighted by molar-refractivity contribution is 5.95. The van der Waals surface area contributed by atoms with Crippen LogP contribution in [0.3, 0.4) is 0 Å². The smallest absolute Gasteiger partial charge is 0.251 e. The number of methoxy groups -OCH3 is 1. The van der Waals surface area contributed by atoms with Crippen molar-refractivity contribution >= 4 is 17.5 Å². The maximum absolute atomic E-state index is 11.8. The third-order valence-corrected chi connectivity index (χ3v) is 2.63. The van der Waals surface area contributed by atoms with Crippen LogP contribution >= 0.6 is 0 Å². The summed E-state index contributed by atoms with van der Waals surface area (Å²) in [6.07, 6.45) is 1.71. The normalized spacial score (nSPS) is 9.95. The van der Waals surface area contributed by atoms with Crippen molar-refractivity contribution in [2.24, 2.45) is 5.73 Å². The molecule has 1 aromatic carbocycles. The van der Waals surface area contributed by atoms with E-state index in [0.29, 0.717) is 42.8 Å². The Hall–Kier alpha value is -2.24. The largest absolute Gasteiger partial charge is 0.495 e. The summed E-state index contributed by atoms with van der Waals surface area (Å²) in [5.41, 5.74) is 11.6. The minimum absolute atomic E-state index is 0.201. The van der Waals surface area contributed by atoms with E-state index in [9.17, 15) is 9.59 Å². The minimum Gasteiger partial charge on any atom is -0.495 e. The van der Waals surface area contributed by atoms with E-state index in [0.717, 1.165) is 0 Å². The van der Waals surface area contributed by atoms with Crippen LogP contribution < -0.4 is 21.5 Å². The van der Waals surface area contributed by atoms with Gasteiger partial charge in [-0.2, -0.15) is 0 Å². The lowest BCUT2D eigenvalue weighted by atomic mass is 10.1. The molecule has 0 heterocycles. The van der Waals surface area contributed by atoms with E-state index in [-0.39, 0.29) is 11.8 Å². The first-order valence-corrected chi connectivity index (χ1v) is 6.04. The molecule has 2 amide bonds. The number of nitrogens with two attached hydrogens (primary N) is 2. The number of hydrogen-bond donors (Lipinski definition) is 3. The van der Waals surface area contributed by atoms with Crippen LogP contribution in [0.15, 0.2) is 18.2 Å². The van der Waals surface area contributed by atoms with Gasteiger partial charge in [0.25, 0.3) is 5.91 Å². The third-order valence-electron chi connectivity index (χ3n) is 2.63. The molecule has 0 aliphatic rings. The monoisotopic (exact) mass is 265 g/mol. The van der Waals surface area contributed by atoms with Gasteiger partial charge in [-0.05, 0) is 31.0 Å². The zero-order valence-electron chi connectivity index (χ0n) is 10.9. The Morgan fingerprint density at radius 1 is 1.32 bits per heavy atom. The van der Waals surface area contributed by atoms with Crippen molar-refractivity contribution in [1.29, 1.82) is 0 Å². The molecule has 5 N–H and O–H groups in total. The van der Waals surface area contributed by atoms with Gasteiger partial charge in [-0.25, -0.2) is 0 Å². The van der Waals surface area contributed by atoms with Gasteiger partial charge in [0.2, 0.25) is 5.91 Å². The average molecular weight is 265 g/mol. The molecule has 0 aromatic heterocycles. The number of unbranched alkanes of at least 4 members (excludes halogenated alkanes) is 1. The molecule has 0 spiro atoms. The molecule has 6 nitrogen and oxygen atoms in total. The Morgan fingerprint density at radius 3 is 2.63 bits per heavy atom. The maximum Gasteiger partial charge on any atom is 0.251 e. The van der Waals surface area contributed by atoms with Gasteiger partial charge in [0, 0.05) is 18.5 Å². The molecular formula is C13H19N3O3. The van der Waals surface area contributed by atoms with Crippen molar-refractivity contribution in [2.45, 2.75) is 19.3 Å². The predicted octanol–water partition coefficient (Wildman–Crippen LogP) is 0.663. The molecule has 19 heavy (non-hydrogen) atoms. The molecule has 0 saturated carbocycles. The summed E-state index contributed by atoms with van der Waals surface area (Å²) >= 11 is 0. The second kappa shape index (κ2) is 7.25. The van der Waals surface area contributed by atoms with Crippen molar-refractivity contribution in [3.63, 3.8) is 0 Å². The summed E-state index contributed by atoms with van der Waals surface area (Å²) in [5.74, 6) is 0.0145. The van der Waals surface area contributed by atoms with E-state index in [4.69, 9.17) is 16.2 Å². The topological polar surface area (TPSA) is 107 Å². The molecule has 0 unspecified atom stereocenters. The quantitative estimate of drug-likeness (QED) is 0.497. The van der Waals surface area contributed by atoms with Gasteiger partial charge in [0.05, 0.1) is 12.8 Å². The van der Waals surface area contributed by atoms with Crippen LogP contribution in [-0.2, 0) is 4.79 Å². The standard InChI is InChI=1S/C13H19N3O3/c1-19-11-6-5-9(8-10(11)14)13(18)16-7-3-2-4-12(15)17/h5-6,8H,2-4,7,14H2,1H3,(H2,15,17)(H,16,18). The minimum atomic E-state index is -0.325. The number of rotatable bonds is 7. The van der Waals surface area contributed by atoms with Crippen molar-refractivity contribution in [1.82, 2.24) is 5.32 Å². The maximum atomic E-state index is 11.8. The lowest BCUT2D eigenvalue weighted by Crippen LogP contribution is -2.24. The van der Waals surface area contributed by atoms with Crippen LogP contribution in [0.25, 0.3) is 0 Å². The van der Waals surface area contributed by atoms with Gasteiger partial charge < -0.3 is 21.5 Å². The van der Waals surface area contributed by atoms with E-state index in [1.165, 1.54) is 7.11 Å². The number of benzene rings is 1. The predicted molar refractivity (Wildman–Crippen MR) is 72.8 cm³/mol.